The van der Waals surface area contributed by atoms with Crippen LogP contribution in [0.25, 0.3) is 5.65 Å². The van der Waals surface area contributed by atoms with Crippen LogP contribution in [0.4, 0.5) is 5.13 Å². The van der Waals surface area contributed by atoms with Crippen LogP contribution < -0.4 is 20.7 Å². The molecule has 0 aromatic carbocycles. The molecule has 0 spiro atoms. The van der Waals surface area contributed by atoms with Crippen molar-refractivity contribution in [3.8, 4) is 0 Å². The number of nitrogens with one attached hydrogen (secondary N) is 1. The SMILES string of the molecule is CO/N=C(\C(=O)NC1SC2CC(=O)N2C(C(=O)[O-])=C1C[n+]1ccn2ncccc21)c1nsc(N)n1.Cl. The van der Waals surface area contributed by atoms with Crippen LogP contribution in [0.3, 0.4) is 0 Å². The number of halogens is 1. The molecule has 2 aliphatic heterocycles. The minimum absolute atomic E-state index is 0. The Bertz CT molecular complexity index is 1420. The molecule has 1 saturated heterocycles. The topological polar surface area (TPSA) is 184 Å². The molecular weight excluding hydrogens is 534 g/mol. The number of fused-ring (bicyclic) bond motifs is 2. The van der Waals surface area contributed by atoms with Gasteiger partial charge in [0, 0.05) is 23.2 Å². The summed E-state index contributed by atoms with van der Waals surface area (Å²) in [5.41, 5.74) is 6.07. The van der Waals surface area contributed by atoms with Crippen molar-refractivity contribution in [2.75, 3.05) is 12.8 Å². The molecule has 3 N–H and O–H groups in total. The van der Waals surface area contributed by atoms with Crippen LogP contribution in [-0.4, -0.2) is 65.2 Å². The second kappa shape index (κ2) is 10.1. The summed E-state index contributed by atoms with van der Waals surface area (Å²) >= 11 is 2.12. The summed E-state index contributed by atoms with van der Waals surface area (Å²) in [6.07, 6.45) is 5.17. The molecule has 3 aromatic rings. The predicted octanol–water partition coefficient (Wildman–Crippen LogP) is -1.72. The van der Waals surface area contributed by atoms with Crippen LogP contribution in [0, 0.1) is 0 Å². The summed E-state index contributed by atoms with van der Waals surface area (Å²) < 4.78 is 7.36. The van der Waals surface area contributed by atoms with E-state index in [2.05, 4.69) is 24.9 Å². The second-order valence-corrected chi connectivity index (χ2v) is 9.48. The molecule has 2 atom stereocenters. The zero-order chi connectivity index (χ0) is 24.7. The van der Waals surface area contributed by atoms with Crippen LogP contribution in [0.1, 0.15) is 12.2 Å². The normalized spacial score (nSPS) is 19.4. The number of carboxylic acid groups (broad SMARTS) is 1. The number of oxime groups is 1. The van der Waals surface area contributed by atoms with Crippen LogP contribution in [0.15, 0.2) is 47.1 Å². The van der Waals surface area contributed by atoms with Gasteiger partial charge in [-0.3, -0.25) is 14.5 Å². The zero-order valence-electron chi connectivity index (χ0n) is 18.4. The molecule has 14 nitrogen and oxygen atoms in total. The third-order valence-corrected chi connectivity index (χ3v) is 7.26. The molecule has 2 amide bonds. The van der Waals surface area contributed by atoms with E-state index in [4.69, 9.17) is 10.6 Å². The number of imidazole rings is 1. The maximum Gasteiger partial charge on any atom is 0.307 e. The van der Waals surface area contributed by atoms with Gasteiger partial charge in [-0.2, -0.15) is 9.36 Å². The van der Waals surface area contributed by atoms with Gasteiger partial charge in [0.2, 0.25) is 17.4 Å². The number of nitrogens with zero attached hydrogens (tertiary/aromatic N) is 7. The van der Waals surface area contributed by atoms with Gasteiger partial charge >= 0.3 is 5.65 Å². The number of thioether (sulfide) groups is 1. The summed E-state index contributed by atoms with van der Waals surface area (Å²) in [5.74, 6) is -2.58. The Balaban J connectivity index is 0.00000304. The first-order valence-corrected chi connectivity index (χ1v) is 11.8. The number of aromatic nitrogens is 5. The molecule has 17 heteroatoms. The van der Waals surface area contributed by atoms with E-state index in [9.17, 15) is 19.5 Å². The molecule has 3 aromatic heterocycles. The lowest BCUT2D eigenvalue weighted by Crippen LogP contribution is -2.60. The first-order valence-electron chi connectivity index (χ1n) is 10.1. The van der Waals surface area contributed by atoms with Crippen molar-refractivity contribution in [2.45, 2.75) is 23.7 Å². The van der Waals surface area contributed by atoms with Gasteiger partial charge in [-0.05, 0) is 6.07 Å². The fourth-order valence-electron chi connectivity index (χ4n) is 3.84. The fourth-order valence-corrected chi connectivity index (χ4v) is 5.70. The van der Waals surface area contributed by atoms with E-state index in [0.717, 1.165) is 11.5 Å². The van der Waals surface area contributed by atoms with E-state index in [-0.39, 0.29) is 59.2 Å². The average Bonchev–Trinajstić information content (AvgIpc) is 3.44. The molecule has 36 heavy (non-hydrogen) atoms. The highest BCUT2D eigenvalue weighted by Crippen LogP contribution is 2.43. The number of hydrogen-bond acceptors (Lipinski definition) is 12. The Hall–Kier alpha value is -3.76. The molecule has 2 aliphatic rings. The standard InChI is InChI=1S/C19H17N9O5S2.ClH/c1-33-24-13(15-22-19(20)35-25-15)16(30)23-17-9(8-26-5-6-27-10(26)3-2-4-21-27)14(18(31)32)28-11(29)7-12(28)34-17;/h2-6,12,17H,7-8H2,1H3,(H3-,20,22,23,25,30,31,32);1H/b24-13-;. The van der Waals surface area contributed by atoms with Crippen molar-refractivity contribution in [3.63, 3.8) is 0 Å². The smallest absolute Gasteiger partial charge is 0.307 e. The molecule has 0 radical (unpaired) electrons. The number of rotatable bonds is 7. The van der Waals surface area contributed by atoms with Crippen LogP contribution in [0.2, 0.25) is 0 Å². The number of β-lactam (4-membered cyclic amide) rings is 1. The third-order valence-electron chi connectivity index (χ3n) is 5.35. The van der Waals surface area contributed by atoms with Crippen molar-refractivity contribution >= 4 is 70.0 Å². The van der Waals surface area contributed by atoms with Crippen molar-refractivity contribution in [3.05, 3.63) is 47.8 Å². The fraction of sp³-hybridized carbons (Fsp3) is 0.263. The molecule has 188 valence electrons. The first kappa shape index (κ1) is 25.3. The average molecular weight is 552 g/mol. The summed E-state index contributed by atoms with van der Waals surface area (Å²) in [6.45, 7) is 0.0403. The number of nitrogen functional groups attached to an aromatic ring is 1. The molecule has 5 heterocycles. The summed E-state index contributed by atoms with van der Waals surface area (Å²) in [4.78, 5) is 47.6. The largest absolute Gasteiger partial charge is 0.543 e. The Morgan fingerprint density at radius 1 is 1.44 bits per heavy atom. The van der Waals surface area contributed by atoms with E-state index in [1.165, 1.54) is 23.8 Å². The van der Waals surface area contributed by atoms with E-state index >= 15 is 0 Å². The van der Waals surface area contributed by atoms with Crippen molar-refractivity contribution in [2.24, 2.45) is 5.16 Å². The van der Waals surface area contributed by atoms with E-state index in [0.29, 0.717) is 5.65 Å². The Morgan fingerprint density at radius 3 is 2.92 bits per heavy atom. The molecule has 0 saturated carbocycles. The number of nitrogens with two attached hydrogens (primary N) is 1. The Labute approximate surface area is 217 Å². The number of anilines is 1. The monoisotopic (exact) mass is 551 g/mol. The summed E-state index contributed by atoms with van der Waals surface area (Å²) in [7, 11) is 1.26. The number of carbonyl (C=O) groups is 3. The van der Waals surface area contributed by atoms with Gasteiger partial charge in [-0.15, -0.1) is 28.7 Å². The molecule has 5 rings (SSSR count). The first-order chi connectivity index (χ1) is 16.9. The lowest BCUT2D eigenvalue weighted by atomic mass is 10.1. The van der Waals surface area contributed by atoms with E-state index in [1.807, 2.05) is 0 Å². The van der Waals surface area contributed by atoms with Gasteiger partial charge < -0.3 is 25.8 Å². The molecule has 1 fully saturated rings. The molecule has 0 bridgehead atoms. The van der Waals surface area contributed by atoms with Gasteiger partial charge in [-0.1, -0.05) is 10.3 Å². The van der Waals surface area contributed by atoms with Crippen molar-refractivity contribution in [1.82, 2.24) is 29.2 Å². The number of carboxylic acids is 1. The Kier molecular flexibility index (Phi) is 7.09. The lowest BCUT2D eigenvalue weighted by Gasteiger charge is -2.48. The molecular formula is C19H18ClN9O5S2. The second-order valence-electron chi connectivity index (χ2n) is 7.40. The highest BCUT2D eigenvalue weighted by Gasteiger charge is 2.47. The lowest BCUT2D eigenvalue weighted by molar-refractivity contribution is -0.663. The molecule has 0 aliphatic carbocycles. The van der Waals surface area contributed by atoms with Gasteiger partial charge in [0.25, 0.3) is 5.91 Å². The number of carbonyl (C=O) groups excluding carboxylic acids is 3. The van der Waals surface area contributed by atoms with Gasteiger partial charge in [0.15, 0.2) is 11.3 Å². The minimum Gasteiger partial charge on any atom is -0.543 e. The number of hydrogen-bond donors (Lipinski definition) is 2. The highest BCUT2D eigenvalue weighted by molar-refractivity contribution is 8.00. The van der Waals surface area contributed by atoms with Gasteiger partial charge in [0.1, 0.15) is 25.2 Å². The summed E-state index contributed by atoms with van der Waals surface area (Å²) in [5, 5.41) is 21.8. The maximum absolute atomic E-state index is 13.2. The van der Waals surface area contributed by atoms with Crippen LogP contribution >= 0.6 is 35.7 Å². The van der Waals surface area contributed by atoms with Crippen LogP contribution in [-0.2, 0) is 25.8 Å². The molecule has 2 unspecified atom stereocenters. The van der Waals surface area contributed by atoms with Crippen molar-refractivity contribution < 1.29 is 28.9 Å². The maximum atomic E-state index is 13.2. The minimum atomic E-state index is -1.51. The Morgan fingerprint density at radius 2 is 2.25 bits per heavy atom. The third kappa shape index (κ3) is 4.45. The van der Waals surface area contributed by atoms with Crippen LogP contribution in [0.5, 0.6) is 0 Å². The van der Waals surface area contributed by atoms with E-state index < -0.39 is 22.6 Å². The van der Waals surface area contributed by atoms with E-state index in [1.54, 1.807) is 39.8 Å². The highest BCUT2D eigenvalue weighted by atomic mass is 35.5. The van der Waals surface area contributed by atoms with Gasteiger partial charge in [-0.25, -0.2) is 4.57 Å². The van der Waals surface area contributed by atoms with Gasteiger partial charge in [0.05, 0.1) is 29.7 Å². The predicted molar refractivity (Wildman–Crippen MR) is 127 cm³/mol. The number of amides is 2. The quantitative estimate of drug-likeness (QED) is 0.148. The number of aliphatic carboxylic acids is 1. The summed E-state index contributed by atoms with van der Waals surface area (Å²) in [6, 6.07) is 3.54. The van der Waals surface area contributed by atoms with Crippen molar-refractivity contribution in [1.29, 1.82) is 0 Å². The zero-order valence-corrected chi connectivity index (χ0v) is 20.9.